The summed E-state index contributed by atoms with van der Waals surface area (Å²) in [5, 5.41) is 7.18. The molecule has 2 saturated heterocycles. The SMILES string of the molecule is CC[C@@H]1CCCCN1CCCNC(=S)Nc1ccc(C(=O)N2CCCCC2)cc1. The van der Waals surface area contributed by atoms with Crippen molar-refractivity contribution in [3.05, 3.63) is 29.8 Å². The maximum absolute atomic E-state index is 12.5. The average molecular weight is 417 g/mol. The lowest BCUT2D eigenvalue weighted by molar-refractivity contribution is 0.0724. The number of carbonyl (C=O) groups excluding carboxylic acids is 1. The molecule has 1 aromatic carbocycles. The van der Waals surface area contributed by atoms with Crippen molar-refractivity contribution >= 4 is 28.9 Å². The van der Waals surface area contributed by atoms with Crippen molar-refractivity contribution in [1.29, 1.82) is 0 Å². The van der Waals surface area contributed by atoms with E-state index in [1.165, 1.54) is 38.6 Å². The molecule has 0 saturated carbocycles. The van der Waals surface area contributed by atoms with Crippen molar-refractivity contribution in [1.82, 2.24) is 15.1 Å². The van der Waals surface area contributed by atoms with Crippen LogP contribution in [-0.2, 0) is 0 Å². The number of thiocarbonyl (C=S) groups is 1. The number of amides is 1. The van der Waals surface area contributed by atoms with E-state index in [0.717, 1.165) is 62.7 Å². The zero-order valence-corrected chi connectivity index (χ0v) is 18.6. The molecule has 29 heavy (non-hydrogen) atoms. The zero-order chi connectivity index (χ0) is 20.5. The fourth-order valence-electron chi connectivity index (χ4n) is 4.45. The van der Waals surface area contributed by atoms with Crippen molar-refractivity contribution in [2.24, 2.45) is 0 Å². The van der Waals surface area contributed by atoms with Crippen LogP contribution in [0, 0.1) is 0 Å². The van der Waals surface area contributed by atoms with Gasteiger partial charge in [-0.1, -0.05) is 13.3 Å². The van der Waals surface area contributed by atoms with Gasteiger partial charge in [0.25, 0.3) is 5.91 Å². The Morgan fingerprint density at radius 1 is 1.07 bits per heavy atom. The minimum absolute atomic E-state index is 0.139. The molecule has 0 unspecified atom stereocenters. The molecular formula is C23H36N4OS. The third-order valence-corrected chi connectivity index (χ3v) is 6.41. The van der Waals surface area contributed by atoms with Crippen LogP contribution in [0.4, 0.5) is 5.69 Å². The Morgan fingerprint density at radius 2 is 1.79 bits per heavy atom. The van der Waals surface area contributed by atoms with Crippen LogP contribution in [0.5, 0.6) is 0 Å². The molecule has 2 fully saturated rings. The second kappa shape index (κ2) is 11.5. The quantitative estimate of drug-likeness (QED) is 0.514. The van der Waals surface area contributed by atoms with Gasteiger partial charge in [0.05, 0.1) is 0 Å². The lowest BCUT2D eigenvalue weighted by Crippen LogP contribution is -2.40. The minimum Gasteiger partial charge on any atom is -0.362 e. The Morgan fingerprint density at radius 3 is 2.52 bits per heavy atom. The molecule has 0 aromatic heterocycles. The van der Waals surface area contributed by atoms with Crippen LogP contribution in [0.3, 0.4) is 0 Å². The summed E-state index contributed by atoms with van der Waals surface area (Å²) in [4.78, 5) is 17.1. The molecule has 5 nitrogen and oxygen atoms in total. The van der Waals surface area contributed by atoms with Crippen molar-refractivity contribution in [2.75, 3.05) is 38.0 Å². The van der Waals surface area contributed by atoms with Gasteiger partial charge < -0.3 is 20.4 Å². The number of likely N-dealkylation sites (tertiary alicyclic amines) is 2. The summed E-state index contributed by atoms with van der Waals surface area (Å²) in [5.74, 6) is 0.139. The Balaban J connectivity index is 1.37. The first-order valence-corrected chi connectivity index (χ1v) is 11.8. The Labute approximate surface area is 181 Å². The van der Waals surface area contributed by atoms with Gasteiger partial charge in [0.1, 0.15) is 0 Å². The molecule has 0 bridgehead atoms. The molecule has 160 valence electrons. The largest absolute Gasteiger partial charge is 0.362 e. The Hall–Kier alpha value is -1.66. The molecule has 2 aliphatic rings. The number of piperidine rings is 2. The third-order valence-electron chi connectivity index (χ3n) is 6.16. The van der Waals surface area contributed by atoms with Crippen LogP contribution in [0.1, 0.15) is 68.6 Å². The van der Waals surface area contributed by atoms with E-state index in [1.807, 2.05) is 29.2 Å². The number of hydrogen-bond donors (Lipinski definition) is 2. The molecule has 2 aliphatic heterocycles. The highest BCUT2D eigenvalue weighted by molar-refractivity contribution is 7.80. The molecule has 6 heteroatoms. The molecule has 0 aliphatic carbocycles. The first-order chi connectivity index (χ1) is 14.2. The van der Waals surface area contributed by atoms with Gasteiger partial charge in [-0.2, -0.15) is 0 Å². The van der Waals surface area contributed by atoms with Gasteiger partial charge >= 0.3 is 0 Å². The topological polar surface area (TPSA) is 47.6 Å². The molecule has 0 spiro atoms. The van der Waals surface area contributed by atoms with E-state index in [1.54, 1.807) is 0 Å². The first kappa shape index (κ1) is 22.0. The number of hydrogen-bond acceptors (Lipinski definition) is 3. The summed E-state index contributed by atoms with van der Waals surface area (Å²) in [6, 6.07) is 8.42. The highest BCUT2D eigenvalue weighted by Gasteiger charge is 2.20. The van der Waals surface area contributed by atoms with Crippen LogP contribution in [0.2, 0.25) is 0 Å². The van der Waals surface area contributed by atoms with Gasteiger partial charge in [-0.15, -0.1) is 0 Å². The smallest absolute Gasteiger partial charge is 0.253 e. The molecule has 3 rings (SSSR count). The lowest BCUT2D eigenvalue weighted by Gasteiger charge is -2.35. The van der Waals surface area contributed by atoms with Crippen molar-refractivity contribution in [3.63, 3.8) is 0 Å². The van der Waals surface area contributed by atoms with E-state index in [4.69, 9.17) is 12.2 Å². The van der Waals surface area contributed by atoms with E-state index in [-0.39, 0.29) is 5.91 Å². The summed E-state index contributed by atoms with van der Waals surface area (Å²) in [6.07, 6.45) is 9.87. The van der Waals surface area contributed by atoms with E-state index in [9.17, 15) is 4.79 Å². The number of nitrogens with one attached hydrogen (secondary N) is 2. The second-order valence-corrected chi connectivity index (χ2v) is 8.67. The number of anilines is 1. The summed E-state index contributed by atoms with van der Waals surface area (Å²) in [6.45, 7) is 7.31. The normalized spacial score (nSPS) is 20.3. The molecule has 1 amide bonds. The maximum Gasteiger partial charge on any atom is 0.253 e. The molecule has 1 aromatic rings. The number of nitrogens with zero attached hydrogens (tertiary/aromatic N) is 2. The summed E-state index contributed by atoms with van der Waals surface area (Å²) in [5.41, 5.74) is 1.67. The predicted molar refractivity (Wildman–Crippen MR) is 125 cm³/mol. The van der Waals surface area contributed by atoms with Crippen LogP contribution in [-0.4, -0.2) is 59.6 Å². The minimum atomic E-state index is 0.139. The van der Waals surface area contributed by atoms with Crippen LogP contribution >= 0.6 is 12.2 Å². The highest BCUT2D eigenvalue weighted by atomic mass is 32.1. The van der Waals surface area contributed by atoms with Gasteiger partial charge in [-0.25, -0.2) is 0 Å². The third kappa shape index (κ3) is 6.68. The Bertz CT molecular complexity index is 657. The molecule has 1 atom stereocenters. The lowest BCUT2D eigenvalue weighted by atomic mass is 10.00. The van der Waals surface area contributed by atoms with Crippen LogP contribution in [0.25, 0.3) is 0 Å². The molecule has 2 N–H and O–H groups in total. The van der Waals surface area contributed by atoms with Crippen LogP contribution < -0.4 is 10.6 Å². The van der Waals surface area contributed by atoms with Crippen molar-refractivity contribution in [2.45, 2.75) is 64.3 Å². The van der Waals surface area contributed by atoms with Gasteiger partial charge in [0.2, 0.25) is 0 Å². The van der Waals surface area contributed by atoms with Gasteiger partial charge in [-0.3, -0.25) is 4.79 Å². The number of rotatable bonds is 7. The van der Waals surface area contributed by atoms with Gasteiger partial charge in [0.15, 0.2) is 5.11 Å². The zero-order valence-electron chi connectivity index (χ0n) is 17.8. The summed E-state index contributed by atoms with van der Waals surface area (Å²) < 4.78 is 0. The van der Waals surface area contributed by atoms with Crippen molar-refractivity contribution in [3.8, 4) is 0 Å². The van der Waals surface area contributed by atoms with E-state index >= 15 is 0 Å². The maximum atomic E-state index is 12.5. The fourth-order valence-corrected chi connectivity index (χ4v) is 4.67. The number of carbonyl (C=O) groups is 1. The molecule has 2 heterocycles. The van der Waals surface area contributed by atoms with E-state index in [0.29, 0.717) is 5.11 Å². The average Bonchev–Trinajstić information content (AvgIpc) is 2.77. The monoisotopic (exact) mass is 416 g/mol. The highest BCUT2D eigenvalue weighted by Crippen LogP contribution is 2.19. The van der Waals surface area contributed by atoms with Gasteiger partial charge in [-0.05, 0) is 88.0 Å². The van der Waals surface area contributed by atoms with Gasteiger partial charge in [0, 0.05) is 43.5 Å². The second-order valence-electron chi connectivity index (χ2n) is 8.26. The van der Waals surface area contributed by atoms with E-state index in [2.05, 4.69) is 22.5 Å². The standard InChI is InChI=1S/C23H36N4OS/c1-2-21-9-4-7-15-26(21)18-8-14-24-23(29)25-20-12-10-19(11-13-20)22(28)27-16-5-3-6-17-27/h10-13,21H,2-9,14-18H2,1H3,(H2,24,25,29)/t21-/m1/s1. The van der Waals surface area contributed by atoms with Crippen LogP contribution in [0.15, 0.2) is 24.3 Å². The predicted octanol–water partition coefficient (Wildman–Crippen LogP) is 4.25. The Kier molecular flexibility index (Phi) is 8.74. The number of benzene rings is 1. The van der Waals surface area contributed by atoms with E-state index < -0.39 is 0 Å². The summed E-state index contributed by atoms with van der Waals surface area (Å²) >= 11 is 5.43. The van der Waals surface area contributed by atoms with Crippen molar-refractivity contribution < 1.29 is 4.79 Å². The fraction of sp³-hybridized carbons (Fsp3) is 0.652. The molecule has 0 radical (unpaired) electrons. The summed E-state index contributed by atoms with van der Waals surface area (Å²) in [7, 11) is 0. The molecular weight excluding hydrogens is 380 g/mol. The first-order valence-electron chi connectivity index (χ1n) is 11.4.